The van der Waals surface area contributed by atoms with Crippen LogP contribution in [0.4, 0.5) is 0 Å². The fourth-order valence-electron chi connectivity index (χ4n) is 3.01. The summed E-state index contributed by atoms with van der Waals surface area (Å²) in [4.78, 5) is 0. The molecule has 0 spiro atoms. The highest BCUT2D eigenvalue weighted by molar-refractivity contribution is 5.28. The second-order valence-electron chi connectivity index (χ2n) is 6.44. The van der Waals surface area contributed by atoms with Gasteiger partial charge in [0.1, 0.15) is 12.4 Å². The van der Waals surface area contributed by atoms with E-state index in [0.29, 0.717) is 6.61 Å². The predicted molar refractivity (Wildman–Crippen MR) is 97.5 cm³/mol. The van der Waals surface area contributed by atoms with E-state index in [-0.39, 0.29) is 6.10 Å². The molecule has 3 heteroatoms. The zero-order valence-corrected chi connectivity index (χ0v) is 14.5. The minimum Gasteiger partial charge on any atom is -0.491 e. The fourth-order valence-corrected chi connectivity index (χ4v) is 3.01. The van der Waals surface area contributed by atoms with Gasteiger partial charge in [-0.15, -0.1) is 0 Å². The van der Waals surface area contributed by atoms with Crippen LogP contribution < -0.4 is 10.1 Å². The van der Waals surface area contributed by atoms with E-state index >= 15 is 0 Å². The van der Waals surface area contributed by atoms with E-state index in [9.17, 15) is 0 Å². The van der Waals surface area contributed by atoms with Gasteiger partial charge in [-0.2, -0.15) is 0 Å². The third-order valence-corrected chi connectivity index (χ3v) is 4.54. The quantitative estimate of drug-likeness (QED) is 0.747. The number of hydrogen-bond donors (Lipinski definition) is 1. The zero-order valence-electron chi connectivity index (χ0n) is 14.5. The Labute approximate surface area is 145 Å². The van der Waals surface area contributed by atoms with Gasteiger partial charge in [-0.1, -0.05) is 36.4 Å². The van der Waals surface area contributed by atoms with Crippen LogP contribution in [0, 0.1) is 6.92 Å². The molecular weight excluding hydrogens is 298 g/mol. The molecule has 0 aliphatic carbocycles. The minimum absolute atomic E-state index is 0.271. The first-order valence-electron chi connectivity index (χ1n) is 8.90. The molecule has 3 nitrogen and oxygen atoms in total. The average Bonchev–Trinajstić information content (AvgIpc) is 3.13. The summed E-state index contributed by atoms with van der Waals surface area (Å²) in [6.45, 7) is 5.58. The first-order chi connectivity index (χ1) is 11.8. The molecule has 0 amide bonds. The highest BCUT2D eigenvalue weighted by atomic mass is 16.5. The fraction of sp³-hybridized carbons (Fsp3) is 0.429. The average molecular weight is 325 g/mol. The van der Waals surface area contributed by atoms with Crippen molar-refractivity contribution in [2.75, 3.05) is 19.8 Å². The van der Waals surface area contributed by atoms with Gasteiger partial charge in [0.2, 0.25) is 0 Å². The van der Waals surface area contributed by atoms with E-state index in [4.69, 9.17) is 9.47 Å². The Kier molecular flexibility index (Phi) is 6.27. The number of hydrogen-bond acceptors (Lipinski definition) is 3. The smallest absolute Gasteiger partial charge is 0.119 e. The lowest BCUT2D eigenvalue weighted by Crippen LogP contribution is -2.17. The molecule has 2 aromatic carbocycles. The molecule has 0 aromatic heterocycles. The van der Waals surface area contributed by atoms with Gasteiger partial charge in [0, 0.05) is 13.2 Å². The van der Waals surface area contributed by atoms with Gasteiger partial charge in [0.15, 0.2) is 0 Å². The number of aryl methyl sites for hydroxylation is 1. The van der Waals surface area contributed by atoms with Crippen molar-refractivity contribution in [2.24, 2.45) is 0 Å². The second kappa shape index (κ2) is 8.86. The Morgan fingerprint density at radius 3 is 2.71 bits per heavy atom. The summed E-state index contributed by atoms with van der Waals surface area (Å²) in [5.41, 5.74) is 4.07. The lowest BCUT2D eigenvalue weighted by atomic mass is 10.1. The summed E-state index contributed by atoms with van der Waals surface area (Å²) in [7, 11) is 0. The van der Waals surface area contributed by atoms with Crippen LogP contribution in [0.15, 0.2) is 48.5 Å². The maximum Gasteiger partial charge on any atom is 0.119 e. The molecule has 1 saturated heterocycles. The molecule has 0 bridgehead atoms. The van der Waals surface area contributed by atoms with E-state index in [1.165, 1.54) is 16.7 Å². The SMILES string of the molecule is Cc1ccccc1CCNCc1ccc(OCC2CCCO2)cc1. The van der Waals surface area contributed by atoms with Crippen LogP contribution in [0.1, 0.15) is 29.5 Å². The highest BCUT2D eigenvalue weighted by Crippen LogP contribution is 2.16. The molecule has 1 N–H and O–H groups in total. The highest BCUT2D eigenvalue weighted by Gasteiger charge is 2.15. The Balaban J connectivity index is 1.37. The lowest BCUT2D eigenvalue weighted by molar-refractivity contribution is 0.0679. The van der Waals surface area contributed by atoms with Crippen LogP contribution in [0.25, 0.3) is 0 Å². The molecule has 1 aliphatic heterocycles. The molecule has 1 aliphatic rings. The number of ether oxygens (including phenoxy) is 2. The molecular formula is C21H27NO2. The zero-order chi connectivity index (χ0) is 16.6. The Bertz CT molecular complexity index is 618. The van der Waals surface area contributed by atoms with E-state index in [1.54, 1.807) is 0 Å². The van der Waals surface area contributed by atoms with Gasteiger partial charge in [-0.3, -0.25) is 0 Å². The van der Waals surface area contributed by atoms with Crippen molar-refractivity contribution in [1.29, 1.82) is 0 Å². The van der Waals surface area contributed by atoms with Crippen molar-refractivity contribution in [3.63, 3.8) is 0 Å². The van der Waals surface area contributed by atoms with Crippen LogP contribution in [-0.4, -0.2) is 25.9 Å². The van der Waals surface area contributed by atoms with Crippen molar-refractivity contribution in [3.8, 4) is 5.75 Å². The molecule has 1 fully saturated rings. The molecule has 2 aromatic rings. The van der Waals surface area contributed by atoms with Crippen LogP contribution in [0.3, 0.4) is 0 Å². The Hall–Kier alpha value is -1.84. The van der Waals surface area contributed by atoms with E-state index in [0.717, 1.165) is 44.7 Å². The third kappa shape index (κ3) is 5.08. The van der Waals surface area contributed by atoms with Crippen molar-refractivity contribution in [2.45, 2.75) is 38.8 Å². The molecule has 3 rings (SSSR count). The van der Waals surface area contributed by atoms with E-state index < -0.39 is 0 Å². The summed E-state index contributed by atoms with van der Waals surface area (Å²) in [5.74, 6) is 0.925. The standard InChI is InChI=1S/C21H27NO2/c1-17-5-2-3-6-19(17)12-13-22-15-18-8-10-20(11-9-18)24-16-21-7-4-14-23-21/h2-3,5-6,8-11,21-22H,4,7,12-16H2,1H3. The van der Waals surface area contributed by atoms with Crippen molar-refractivity contribution in [1.82, 2.24) is 5.32 Å². The van der Waals surface area contributed by atoms with Crippen molar-refractivity contribution >= 4 is 0 Å². The molecule has 1 atom stereocenters. The molecule has 1 heterocycles. The van der Waals surface area contributed by atoms with Gasteiger partial charge >= 0.3 is 0 Å². The topological polar surface area (TPSA) is 30.5 Å². The van der Waals surface area contributed by atoms with E-state index in [1.807, 2.05) is 12.1 Å². The molecule has 24 heavy (non-hydrogen) atoms. The Morgan fingerprint density at radius 1 is 1.12 bits per heavy atom. The van der Waals surface area contributed by atoms with Gasteiger partial charge < -0.3 is 14.8 Å². The normalized spacial score (nSPS) is 17.1. The van der Waals surface area contributed by atoms with Crippen LogP contribution >= 0.6 is 0 Å². The summed E-state index contributed by atoms with van der Waals surface area (Å²) >= 11 is 0. The van der Waals surface area contributed by atoms with Crippen LogP contribution in [-0.2, 0) is 17.7 Å². The largest absolute Gasteiger partial charge is 0.491 e. The summed E-state index contributed by atoms with van der Waals surface area (Å²) in [6, 6.07) is 16.9. The number of benzene rings is 2. The monoisotopic (exact) mass is 325 g/mol. The summed E-state index contributed by atoms with van der Waals surface area (Å²) in [6.07, 6.45) is 3.60. The first-order valence-corrected chi connectivity index (χ1v) is 8.90. The summed E-state index contributed by atoms with van der Waals surface area (Å²) in [5, 5.41) is 3.51. The second-order valence-corrected chi connectivity index (χ2v) is 6.44. The van der Waals surface area contributed by atoms with Gasteiger partial charge in [0.25, 0.3) is 0 Å². The first kappa shape index (κ1) is 17.0. The van der Waals surface area contributed by atoms with Gasteiger partial charge in [-0.25, -0.2) is 0 Å². The summed E-state index contributed by atoms with van der Waals surface area (Å²) < 4.78 is 11.4. The van der Waals surface area contributed by atoms with Crippen LogP contribution in [0.2, 0.25) is 0 Å². The van der Waals surface area contributed by atoms with Crippen LogP contribution in [0.5, 0.6) is 5.75 Å². The predicted octanol–water partition coefficient (Wildman–Crippen LogP) is 3.89. The number of nitrogens with one attached hydrogen (secondary N) is 1. The third-order valence-electron chi connectivity index (χ3n) is 4.54. The minimum atomic E-state index is 0.271. The maximum atomic E-state index is 5.80. The molecule has 0 radical (unpaired) electrons. The van der Waals surface area contributed by atoms with E-state index in [2.05, 4.69) is 48.6 Å². The Morgan fingerprint density at radius 2 is 1.96 bits per heavy atom. The van der Waals surface area contributed by atoms with Crippen molar-refractivity contribution in [3.05, 3.63) is 65.2 Å². The maximum absolute atomic E-state index is 5.80. The molecule has 128 valence electrons. The lowest BCUT2D eigenvalue weighted by Gasteiger charge is -2.12. The van der Waals surface area contributed by atoms with Crippen molar-refractivity contribution < 1.29 is 9.47 Å². The molecule has 1 unspecified atom stereocenters. The number of rotatable bonds is 8. The van der Waals surface area contributed by atoms with Gasteiger partial charge in [0.05, 0.1) is 6.10 Å². The van der Waals surface area contributed by atoms with Gasteiger partial charge in [-0.05, 0) is 61.6 Å². The molecule has 0 saturated carbocycles.